The normalized spacial score (nSPS) is 21.4. The van der Waals surface area contributed by atoms with Gasteiger partial charge in [0.2, 0.25) is 11.9 Å². The van der Waals surface area contributed by atoms with E-state index in [-0.39, 0.29) is 44.1 Å². The molecule has 0 saturated heterocycles. The molecule has 0 aliphatic heterocycles. The van der Waals surface area contributed by atoms with Crippen molar-refractivity contribution >= 4 is 101 Å². The van der Waals surface area contributed by atoms with Gasteiger partial charge >= 0.3 is 11.0 Å². The van der Waals surface area contributed by atoms with E-state index in [1.165, 1.54) is 37.1 Å². The zero-order valence-corrected chi connectivity index (χ0v) is 40.1. The Morgan fingerprint density at radius 1 is 0.565 bits per heavy atom. The van der Waals surface area contributed by atoms with Crippen molar-refractivity contribution in [2.45, 2.75) is 113 Å². The summed E-state index contributed by atoms with van der Waals surface area (Å²) in [5.41, 5.74) is -2.79. The Morgan fingerprint density at radius 2 is 0.919 bits per heavy atom. The highest BCUT2D eigenvalue weighted by atomic mass is 79.9. The van der Waals surface area contributed by atoms with E-state index in [0.717, 1.165) is 68.6 Å². The molecular formula is C46H50Br2F6N6S2. The number of alkyl halides is 6. The van der Waals surface area contributed by atoms with Crippen LogP contribution in [0.5, 0.6) is 0 Å². The van der Waals surface area contributed by atoms with Crippen molar-refractivity contribution in [3.05, 3.63) is 93.9 Å². The summed E-state index contributed by atoms with van der Waals surface area (Å²) >= 11 is 6.84. The molecule has 62 heavy (non-hydrogen) atoms. The zero-order chi connectivity index (χ0) is 44.8. The lowest BCUT2D eigenvalue weighted by Crippen LogP contribution is -2.29. The molecule has 2 heterocycles. The van der Waals surface area contributed by atoms with Crippen LogP contribution in [0.25, 0.3) is 22.1 Å². The third-order valence-corrected chi connectivity index (χ3v) is 13.9. The monoisotopic (exact) mass is 1020 g/mol. The standard InChI is InChI=1S/2C23H25BrF3N3S/c2*1-14-10-17(13-22(2,3)12-14)30-20-9-4-15(24)11-19(20)29-21(30)28-16-5-7-18(8-6-16)31-23(25,26)27/h2*4-9,11,14,17H,10,12-13H2,1-3H3,(H,28,29)/t2*14-,17+/m10/s1. The van der Waals surface area contributed by atoms with Gasteiger partial charge in [-0.15, -0.1) is 0 Å². The summed E-state index contributed by atoms with van der Waals surface area (Å²) in [5, 5.41) is 6.71. The van der Waals surface area contributed by atoms with Crippen molar-refractivity contribution in [1.82, 2.24) is 19.1 Å². The maximum Gasteiger partial charge on any atom is 0.446 e. The van der Waals surface area contributed by atoms with Crippen LogP contribution >= 0.6 is 55.4 Å². The Bertz CT molecular complexity index is 2330. The summed E-state index contributed by atoms with van der Waals surface area (Å²) in [4.78, 5) is 10.0. The summed E-state index contributed by atoms with van der Waals surface area (Å²) < 4.78 is 82.2. The average Bonchev–Trinajstić information content (AvgIpc) is 3.67. The van der Waals surface area contributed by atoms with Crippen LogP contribution in [-0.2, 0) is 0 Å². The van der Waals surface area contributed by atoms with Gasteiger partial charge in [-0.05, 0) is 170 Å². The molecule has 2 fully saturated rings. The first-order valence-corrected chi connectivity index (χ1v) is 23.8. The molecule has 2 aliphatic rings. The number of anilines is 4. The fourth-order valence-electron chi connectivity index (χ4n) is 9.78. The van der Waals surface area contributed by atoms with Crippen LogP contribution in [0.1, 0.15) is 92.2 Å². The zero-order valence-electron chi connectivity index (χ0n) is 35.3. The van der Waals surface area contributed by atoms with E-state index < -0.39 is 11.0 Å². The van der Waals surface area contributed by atoms with E-state index in [2.05, 4.69) is 105 Å². The van der Waals surface area contributed by atoms with Crippen molar-refractivity contribution in [3.63, 3.8) is 0 Å². The highest BCUT2D eigenvalue weighted by Gasteiger charge is 2.36. The Hall–Kier alpha value is -3.34. The van der Waals surface area contributed by atoms with Crippen LogP contribution in [0.4, 0.5) is 49.6 Å². The first kappa shape index (κ1) is 46.6. The third kappa shape index (κ3) is 12.1. The summed E-state index contributed by atoms with van der Waals surface area (Å²) in [7, 11) is 0. The van der Waals surface area contributed by atoms with Crippen LogP contribution < -0.4 is 10.6 Å². The van der Waals surface area contributed by atoms with Crippen LogP contribution in [0, 0.1) is 22.7 Å². The van der Waals surface area contributed by atoms with E-state index in [1.807, 2.05) is 24.3 Å². The summed E-state index contributed by atoms with van der Waals surface area (Å²) in [6.45, 7) is 13.9. The SMILES string of the molecule is C[C@@H]1C[C@H](n2c(Nc3ccc(SC(F)(F)F)cc3)nc3cc(Br)ccc32)CC(C)(C)C1.C[C@H]1C[C@@H](n2c(Nc3ccc(SC(F)(F)F)cc3)nc3cc(Br)ccc32)CC(C)(C)C1. The number of thioether (sulfide) groups is 2. The molecule has 0 unspecified atom stereocenters. The van der Waals surface area contributed by atoms with E-state index in [4.69, 9.17) is 9.97 Å². The Balaban J connectivity index is 0.000000186. The van der Waals surface area contributed by atoms with Crippen LogP contribution in [0.3, 0.4) is 0 Å². The molecule has 6 aromatic rings. The average molecular weight is 1020 g/mol. The van der Waals surface area contributed by atoms with Gasteiger partial charge in [-0.1, -0.05) is 73.4 Å². The molecule has 332 valence electrons. The molecule has 0 bridgehead atoms. The second-order valence-electron chi connectivity index (χ2n) is 18.4. The smallest absolute Gasteiger partial charge is 0.326 e. The van der Waals surface area contributed by atoms with Gasteiger partial charge < -0.3 is 19.8 Å². The molecule has 16 heteroatoms. The molecule has 2 aromatic heterocycles. The molecule has 2 N–H and O–H groups in total. The number of benzene rings is 4. The number of nitrogens with one attached hydrogen (secondary N) is 2. The first-order chi connectivity index (χ1) is 29.0. The number of rotatable bonds is 8. The second kappa shape index (κ2) is 18.3. The van der Waals surface area contributed by atoms with Crippen LogP contribution in [-0.4, -0.2) is 30.1 Å². The van der Waals surface area contributed by atoms with Crippen molar-refractivity contribution in [1.29, 1.82) is 0 Å². The lowest BCUT2D eigenvalue weighted by Gasteiger charge is -2.40. The van der Waals surface area contributed by atoms with Gasteiger partial charge in [0.1, 0.15) is 0 Å². The van der Waals surface area contributed by atoms with Gasteiger partial charge in [-0.3, -0.25) is 0 Å². The molecule has 8 rings (SSSR count). The lowest BCUT2D eigenvalue weighted by atomic mass is 9.70. The molecule has 6 nitrogen and oxygen atoms in total. The Labute approximate surface area is 384 Å². The summed E-state index contributed by atoms with van der Waals surface area (Å²) in [5.74, 6) is 2.65. The maximum atomic E-state index is 12.6. The molecule has 2 saturated carbocycles. The Kier molecular flexibility index (Phi) is 13.7. The minimum atomic E-state index is -4.29. The predicted molar refractivity (Wildman–Crippen MR) is 250 cm³/mol. The van der Waals surface area contributed by atoms with E-state index >= 15 is 0 Å². The molecule has 4 atom stereocenters. The van der Waals surface area contributed by atoms with Crippen molar-refractivity contribution in [2.75, 3.05) is 10.6 Å². The number of aromatic nitrogens is 4. The van der Waals surface area contributed by atoms with E-state index in [9.17, 15) is 26.3 Å². The van der Waals surface area contributed by atoms with Crippen LogP contribution in [0.2, 0.25) is 0 Å². The molecule has 0 spiro atoms. The molecular weight excluding hydrogens is 974 g/mol. The molecule has 0 amide bonds. The van der Waals surface area contributed by atoms with E-state index in [0.29, 0.717) is 35.3 Å². The van der Waals surface area contributed by atoms with Gasteiger partial charge in [0, 0.05) is 42.2 Å². The number of nitrogens with zero attached hydrogens (tertiary/aromatic N) is 4. The fraction of sp³-hybridized carbons (Fsp3) is 0.435. The lowest BCUT2D eigenvalue weighted by molar-refractivity contribution is -0.0337. The number of hydrogen-bond acceptors (Lipinski definition) is 6. The minimum absolute atomic E-state index is 0.107. The molecule has 2 aliphatic carbocycles. The van der Waals surface area contributed by atoms with Gasteiger partial charge in [0.25, 0.3) is 0 Å². The fourth-order valence-corrected chi connectivity index (χ4v) is 11.6. The molecule has 4 aromatic carbocycles. The quantitative estimate of drug-likeness (QED) is 0.117. The number of halogens is 8. The Morgan fingerprint density at radius 3 is 1.24 bits per heavy atom. The highest BCUT2D eigenvalue weighted by molar-refractivity contribution is 9.10. The summed E-state index contributed by atoms with van der Waals surface area (Å²) in [6, 6.07) is 25.4. The highest BCUT2D eigenvalue weighted by Crippen LogP contribution is 2.48. The summed E-state index contributed by atoms with van der Waals surface area (Å²) in [6.07, 6.45) is 6.64. The number of fused-ring (bicyclic) bond motifs is 2. The predicted octanol–water partition coefficient (Wildman–Crippen LogP) is 17.1. The van der Waals surface area contributed by atoms with Gasteiger partial charge in [-0.2, -0.15) is 26.3 Å². The van der Waals surface area contributed by atoms with Crippen molar-refractivity contribution < 1.29 is 26.3 Å². The van der Waals surface area contributed by atoms with Crippen molar-refractivity contribution in [3.8, 4) is 0 Å². The maximum absolute atomic E-state index is 12.6. The van der Waals surface area contributed by atoms with Gasteiger partial charge in [0.15, 0.2) is 0 Å². The number of hydrogen-bond donors (Lipinski definition) is 2. The molecule has 0 radical (unpaired) electrons. The topological polar surface area (TPSA) is 59.7 Å². The van der Waals surface area contributed by atoms with Gasteiger partial charge in [-0.25, -0.2) is 9.97 Å². The third-order valence-electron chi connectivity index (χ3n) is 11.4. The van der Waals surface area contributed by atoms with Crippen molar-refractivity contribution in [2.24, 2.45) is 22.7 Å². The van der Waals surface area contributed by atoms with Gasteiger partial charge in [0.05, 0.1) is 22.1 Å². The second-order valence-corrected chi connectivity index (χ2v) is 22.5. The minimum Gasteiger partial charge on any atom is -0.326 e. The largest absolute Gasteiger partial charge is 0.446 e. The van der Waals surface area contributed by atoms with E-state index in [1.54, 1.807) is 24.3 Å². The first-order valence-electron chi connectivity index (χ1n) is 20.6. The van der Waals surface area contributed by atoms with Crippen LogP contribution in [0.15, 0.2) is 104 Å². The number of imidazole rings is 2.